The number of hydrogen-bond acceptors (Lipinski definition) is 3. The first-order valence-corrected chi connectivity index (χ1v) is 7.49. The summed E-state index contributed by atoms with van der Waals surface area (Å²) in [6.07, 6.45) is 2.98. The molecule has 110 valence electrons. The molecule has 3 heteroatoms. The Balaban J connectivity index is 2.25. The normalized spacial score (nSPS) is 16.2. The molecule has 0 radical (unpaired) electrons. The minimum absolute atomic E-state index is 0.280. The van der Waals surface area contributed by atoms with E-state index < -0.39 is 5.79 Å². The van der Waals surface area contributed by atoms with Gasteiger partial charge in [0.15, 0.2) is 0 Å². The smallest absolute Gasteiger partial charge is 0.345 e. The largest absolute Gasteiger partial charge is 0.452 e. The van der Waals surface area contributed by atoms with Gasteiger partial charge in [-0.3, -0.25) is 0 Å². The highest BCUT2D eigenvalue weighted by molar-refractivity contribution is 6.02. The molecule has 3 rings (SSSR count). The van der Waals surface area contributed by atoms with Crippen LogP contribution in [-0.4, -0.2) is 11.8 Å². The van der Waals surface area contributed by atoms with Gasteiger partial charge < -0.3 is 9.47 Å². The lowest BCUT2D eigenvalue weighted by Gasteiger charge is -2.33. The van der Waals surface area contributed by atoms with Crippen molar-refractivity contribution in [2.75, 3.05) is 0 Å². The number of aryl methyl sites for hydroxylation is 1. The molecule has 0 atom stereocenters. The second-order valence-corrected chi connectivity index (χ2v) is 5.94. The van der Waals surface area contributed by atoms with Gasteiger partial charge in [0.1, 0.15) is 11.3 Å². The van der Waals surface area contributed by atoms with Gasteiger partial charge in [-0.15, -0.1) is 0 Å². The Morgan fingerprint density at radius 3 is 2.67 bits per heavy atom. The lowest BCUT2D eigenvalue weighted by atomic mass is 9.93. The first kappa shape index (κ1) is 13.9. The van der Waals surface area contributed by atoms with Gasteiger partial charge >= 0.3 is 5.97 Å². The molecule has 3 nitrogen and oxygen atoms in total. The summed E-state index contributed by atoms with van der Waals surface area (Å²) in [5.74, 6) is -0.548. The third kappa shape index (κ3) is 2.48. The topological polar surface area (TPSA) is 35.5 Å². The van der Waals surface area contributed by atoms with E-state index >= 15 is 0 Å². The summed E-state index contributed by atoms with van der Waals surface area (Å²) < 4.78 is 11.3. The number of cyclic esters (lactones) is 1. The molecule has 0 amide bonds. The Bertz CT molecular complexity index is 701. The third-order valence-corrected chi connectivity index (χ3v) is 3.80. The van der Waals surface area contributed by atoms with E-state index in [9.17, 15) is 4.79 Å². The van der Waals surface area contributed by atoms with Crippen LogP contribution in [0.4, 0.5) is 0 Å². The van der Waals surface area contributed by atoms with Crippen LogP contribution in [0.15, 0.2) is 30.3 Å². The second-order valence-electron chi connectivity index (χ2n) is 5.94. The summed E-state index contributed by atoms with van der Waals surface area (Å²) in [6.45, 7) is 5.67. The average Bonchev–Trinajstić information content (AvgIpc) is 2.42. The van der Waals surface area contributed by atoms with E-state index in [2.05, 4.69) is 19.1 Å². The molecule has 0 saturated heterocycles. The zero-order valence-electron chi connectivity index (χ0n) is 12.7. The quantitative estimate of drug-likeness (QED) is 0.780. The standard InChI is InChI=1S/C18H20O3/c1-4-5-9-14-13-10-7-6-8-12(13)11-15-16(14)17(19)21-18(2,3)20-15/h6-8,10-11H,4-5,9H2,1-3H3. The molecule has 0 fully saturated rings. The van der Waals surface area contributed by atoms with E-state index in [1.807, 2.05) is 18.2 Å². The number of fused-ring (bicyclic) bond motifs is 2. The monoisotopic (exact) mass is 284 g/mol. The van der Waals surface area contributed by atoms with Crippen molar-refractivity contribution in [3.63, 3.8) is 0 Å². The molecule has 2 aromatic rings. The van der Waals surface area contributed by atoms with Gasteiger partial charge in [-0.1, -0.05) is 37.6 Å². The molecular weight excluding hydrogens is 264 g/mol. The minimum Gasteiger partial charge on any atom is -0.452 e. The number of ether oxygens (including phenoxy) is 2. The molecule has 21 heavy (non-hydrogen) atoms. The number of unbranched alkanes of at least 4 members (excludes halogenated alkanes) is 1. The van der Waals surface area contributed by atoms with Crippen LogP contribution in [0.5, 0.6) is 5.75 Å². The van der Waals surface area contributed by atoms with Crippen LogP contribution < -0.4 is 4.74 Å². The number of rotatable bonds is 3. The van der Waals surface area contributed by atoms with E-state index in [1.54, 1.807) is 13.8 Å². The van der Waals surface area contributed by atoms with E-state index in [1.165, 1.54) is 0 Å². The van der Waals surface area contributed by atoms with Gasteiger partial charge in [-0.05, 0) is 35.2 Å². The van der Waals surface area contributed by atoms with Crippen molar-refractivity contribution in [2.45, 2.75) is 45.8 Å². The first-order valence-electron chi connectivity index (χ1n) is 7.49. The summed E-state index contributed by atoms with van der Waals surface area (Å²) in [6, 6.07) is 10.1. The fourth-order valence-electron chi connectivity index (χ4n) is 2.87. The Hall–Kier alpha value is -2.03. The molecule has 1 aliphatic heterocycles. The highest BCUT2D eigenvalue weighted by Crippen LogP contribution is 2.38. The summed E-state index contributed by atoms with van der Waals surface area (Å²) in [4.78, 5) is 12.4. The van der Waals surface area contributed by atoms with Crippen LogP contribution >= 0.6 is 0 Å². The van der Waals surface area contributed by atoms with Crippen LogP contribution in [-0.2, 0) is 11.2 Å². The van der Waals surface area contributed by atoms with Gasteiger partial charge in [0.05, 0.1) is 0 Å². The van der Waals surface area contributed by atoms with Gasteiger partial charge in [0.2, 0.25) is 5.79 Å². The third-order valence-electron chi connectivity index (χ3n) is 3.80. The molecule has 0 aromatic heterocycles. The Labute approximate surface area is 124 Å². The van der Waals surface area contributed by atoms with Crippen LogP contribution in [0.2, 0.25) is 0 Å². The minimum atomic E-state index is -0.908. The Morgan fingerprint density at radius 2 is 1.90 bits per heavy atom. The molecule has 0 spiro atoms. The predicted molar refractivity (Wildman–Crippen MR) is 82.7 cm³/mol. The van der Waals surface area contributed by atoms with Crippen molar-refractivity contribution >= 4 is 16.7 Å². The average molecular weight is 284 g/mol. The molecule has 0 unspecified atom stereocenters. The van der Waals surface area contributed by atoms with E-state index in [-0.39, 0.29) is 5.97 Å². The highest BCUT2D eigenvalue weighted by Gasteiger charge is 2.36. The zero-order valence-corrected chi connectivity index (χ0v) is 12.7. The van der Waals surface area contributed by atoms with Gasteiger partial charge in [0, 0.05) is 13.8 Å². The fourth-order valence-corrected chi connectivity index (χ4v) is 2.87. The number of esters is 1. The molecular formula is C18H20O3. The Kier molecular flexibility index (Phi) is 3.36. The Morgan fingerprint density at radius 1 is 1.14 bits per heavy atom. The SMILES string of the molecule is CCCCc1c2c(cc3ccccc13)OC(C)(C)OC2=O. The van der Waals surface area contributed by atoms with Crippen LogP contribution in [0, 0.1) is 0 Å². The van der Waals surface area contributed by atoms with Crippen molar-refractivity contribution < 1.29 is 14.3 Å². The lowest BCUT2D eigenvalue weighted by Crippen LogP contribution is -2.39. The van der Waals surface area contributed by atoms with E-state index in [0.717, 1.165) is 35.6 Å². The lowest BCUT2D eigenvalue weighted by molar-refractivity contribution is -0.127. The summed E-state index contributed by atoms with van der Waals surface area (Å²) in [7, 11) is 0. The van der Waals surface area contributed by atoms with Gasteiger partial charge in [-0.25, -0.2) is 4.79 Å². The number of benzene rings is 2. The van der Waals surface area contributed by atoms with Crippen molar-refractivity contribution in [3.8, 4) is 5.75 Å². The number of carbonyl (C=O) groups is 1. The molecule has 0 saturated carbocycles. The van der Waals surface area contributed by atoms with Crippen molar-refractivity contribution in [1.29, 1.82) is 0 Å². The van der Waals surface area contributed by atoms with Gasteiger partial charge in [0.25, 0.3) is 0 Å². The molecule has 0 aliphatic carbocycles. The second kappa shape index (κ2) is 5.06. The molecule has 0 bridgehead atoms. The van der Waals surface area contributed by atoms with Crippen molar-refractivity contribution in [3.05, 3.63) is 41.5 Å². The summed E-state index contributed by atoms with van der Waals surface area (Å²) in [5, 5.41) is 2.22. The molecule has 1 heterocycles. The maximum Gasteiger partial charge on any atom is 0.345 e. The van der Waals surface area contributed by atoms with E-state index in [0.29, 0.717) is 11.3 Å². The number of carbonyl (C=O) groups excluding carboxylic acids is 1. The molecule has 0 N–H and O–H groups in total. The zero-order chi connectivity index (χ0) is 15.0. The van der Waals surface area contributed by atoms with Crippen LogP contribution in [0.25, 0.3) is 10.8 Å². The summed E-state index contributed by atoms with van der Waals surface area (Å²) >= 11 is 0. The van der Waals surface area contributed by atoms with Crippen molar-refractivity contribution in [1.82, 2.24) is 0 Å². The first-order chi connectivity index (χ1) is 10.0. The maximum atomic E-state index is 12.4. The fraction of sp³-hybridized carbons (Fsp3) is 0.389. The predicted octanol–water partition coefficient (Wildman–Crippen LogP) is 4.47. The van der Waals surface area contributed by atoms with Crippen LogP contribution in [0.1, 0.15) is 49.5 Å². The van der Waals surface area contributed by atoms with E-state index in [4.69, 9.17) is 9.47 Å². The molecule has 1 aliphatic rings. The highest BCUT2D eigenvalue weighted by atomic mass is 16.7. The van der Waals surface area contributed by atoms with Crippen molar-refractivity contribution in [2.24, 2.45) is 0 Å². The maximum absolute atomic E-state index is 12.4. The van der Waals surface area contributed by atoms with Crippen LogP contribution in [0.3, 0.4) is 0 Å². The molecule has 2 aromatic carbocycles. The number of hydrogen-bond donors (Lipinski definition) is 0. The summed E-state index contributed by atoms with van der Waals surface area (Å²) in [5.41, 5.74) is 1.65. The van der Waals surface area contributed by atoms with Gasteiger partial charge in [-0.2, -0.15) is 0 Å².